The van der Waals surface area contributed by atoms with E-state index in [1.165, 1.54) is 18.2 Å². The third-order valence-corrected chi connectivity index (χ3v) is 1.68. The predicted octanol–water partition coefficient (Wildman–Crippen LogP) is 2.39. The Bertz CT molecular complexity index is 277. The standard InChI is InChI=1S/C10H12F2O2/c11-10(12)8-3-1-4-9(7-8)14-6-2-5-13/h1,3-4,7,10,13H,2,5-6H2. The van der Waals surface area contributed by atoms with E-state index in [1.807, 2.05) is 0 Å². The van der Waals surface area contributed by atoms with E-state index in [0.29, 0.717) is 18.8 Å². The highest BCUT2D eigenvalue weighted by Gasteiger charge is 2.06. The van der Waals surface area contributed by atoms with Gasteiger partial charge in [0.25, 0.3) is 6.43 Å². The molecule has 1 aromatic carbocycles. The van der Waals surface area contributed by atoms with Crippen molar-refractivity contribution >= 4 is 0 Å². The van der Waals surface area contributed by atoms with E-state index in [4.69, 9.17) is 9.84 Å². The Kier molecular flexibility index (Phi) is 4.32. The van der Waals surface area contributed by atoms with Gasteiger partial charge in [-0.25, -0.2) is 8.78 Å². The van der Waals surface area contributed by atoms with E-state index in [1.54, 1.807) is 6.07 Å². The fourth-order valence-corrected chi connectivity index (χ4v) is 0.995. The first-order valence-corrected chi connectivity index (χ1v) is 4.36. The van der Waals surface area contributed by atoms with Crippen LogP contribution in [-0.2, 0) is 0 Å². The molecule has 2 nitrogen and oxygen atoms in total. The van der Waals surface area contributed by atoms with Crippen molar-refractivity contribution in [3.63, 3.8) is 0 Å². The number of halogens is 2. The Morgan fingerprint density at radius 2 is 2.14 bits per heavy atom. The maximum absolute atomic E-state index is 12.2. The van der Waals surface area contributed by atoms with Crippen LogP contribution >= 0.6 is 0 Å². The molecule has 1 N–H and O–H groups in total. The molecule has 0 amide bonds. The fourth-order valence-electron chi connectivity index (χ4n) is 0.995. The van der Waals surface area contributed by atoms with Crippen LogP contribution in [0.15, 0.2) is 24.3 Å². The van der Waals surface area contributed by atoms with Gasteiger partial charge in [-0.05, 0) is 12.1 Å². The lowest BCUT2D eigenvalue weighted by molar-refractivity contribution is 0.150. The Balaban J connectivity index is 2.55. The van der Waals surface area contributed by atoms with E-state index in [2.05, 4.69) is 0 Å². The number of benzene rings is 1. The van der Waals surface area contributed by atoms with Crippen LogP contribution in [0.25, 0.3) is 0 Å². The molecule has 0 aliphatic heterocycles. The van der Waals surface area contributed by atoms with E-state index in [9.17, 15) is 8.78 Å². The number of ether oxygens (including phenoxy) is 1. The second-order valence-electron chi connectivity index (χ2n) is 2.80. The van der Waals surface area contributed by atoms with Crippen molar-refractivity contribution in [3.05, 3.63) is 29.8 Å². The lowest BCUT2D eigenvalue weighted by atomic mass is 10.2. The highest BCUT2D eigenvalue weighted by atomic mass is 19.3. The lowest BCUT2D eigenvalue weighted by Crippen LogP contribution is -1.99. The van der Waals surface area contributed by atoms with Crippen LogP contribution in [0.4, 0.5) is 8.78 Å². The zero-order valence-electron chi connectivity index (χ0n) is 7.62. The SMILES string of the molecule is OCCCOc1cccc(C(F)F)c1. The summed E-state index contributed by atoms with van der Waals surface area (Å²) in [5, 5.41) is 8.49. The summed E-state index contributed by atoms with van der Waals surface area (Å²) >= 11 is 0. The van der Waals surface area contributed by atoms with Crippen LogP contribution in [0.5, 0.6) is 5.75 Å². The average Bonchev–Trinajstić information content (AvgIpc) is 2.19. The first-order valence-electron chi connectivity index (χ1n) is 4.36. The van der Waals surface area contributed by atoms with E-state index < -0.39 is 6.43 Å². The molecule has 0 saturated heterocycles. The predicted molar refractivity (Wildman–Crippen MR) is 48.6 cm³/mol. The molecule has 0 bridgehead atoms. The van der Waals surface area contributed by atoms with Crippen LogP contribution < -0.4 is 4.74 Å². The minimum Gasteiger partial charge on any atom is -0.493 e. The Hall–Kier alpha value is -1.16. The molecule has 78 valence electrons. The van der Waals surface area contributed by atoms with E-state index in [0.717, 1.165) is 0 Å². The summed E-state index contributed by atoms with van der Waals surface area (Å²) in [6.07, 6.45) is -1.98. The summed E-state index contributed by atoms with van der Waals surface area (Å²) in [5.41, 5.74) is -0.0495. The molecule has 0 aliphatic rings. The van der Waals surface area contributed by atoms with Gasteiger partial charge in [-0.3, -0.25) is 0 Å². The number of hydrogen-bond donors (Lipinski definition) is 1. The zero-order chi connectivity index (χ0) is 10.4. The largest absolute Gasteiger partial charge is 0.493 e. The summed E-state index contributed by atoms with van der Waals surface area (Å²) in [6.45, 7) is 0.373. The number of hydrogen-bond acceptors (Lipinski definition) is 2. The monoisotopic (exact) mass is 202 g/mol. The number of aliphatic hydroxyl groups is 1. The molecule has 14 heavy (non-hydrogen) atoms. The van der Waals surface area contributed by atoms with Crippen molar-refractivity contribution in [1.29, 1.82) is 0 Å². The first kappa shape index (κ1) is 10.9. The Labute approximate surface area is 81.1 Å². The van der Waals surface area contributed by atoms with Crippen molar-refractivity contribution in [1.82, 2.24) is 0 Å². The van der Waals surface area contributed by atoms with E-state index >= 15 is 0 Å². The Morgan fingerprint density at radius 3 is 2.79 bits per heavy atom. The van der Waals surface area contributed by atoms with Gasteiger partial charge in [-0.15, -0.1) is 0 Å². The van der Waals surface area contributed by atoms with Crippen LogP contribution in [0, 0.1) is 0 Å². The smallest absolute Gasteiger partial charge is 0.263 e. The number of alkyl halides is 2. The van der Waals surface area contributed by atoms with Gasteiger partial charge in [0.2, 0.25) is 0 Å². The summed E-state index contributed by atoms with van der Waals surface area (Å²) in [4.78, 5) is 0. The molecule has 1 rings (SSSR count). The molecule has 0 heterocycles. The molecular weight excluding hydrogens is 190 g/mol. The van der Waals surface area contributed by atoms with Crippen molar-refractivity contribution in [3.8, 4) is 5.75 Å². The van der Waals surface area contributed by atoms with Gasteiger partial charge in [0.1, 0.15) is 5.75 Å². The fraction of sp³-hybridized carbons (Fsp3) is 0.400. The third kappa shape index (κ3) is 3.30. The van der Waals surface area contributed by atoms with Gasteiger partial charge in [-0.2, -0.15) is 0 Å². The van der Waals surface area contributed by atoms with Crippen molar-refractivity contribution in [2.75, 3.05) is 13.2 Å². The van der Waals surface area contributed by atoms with Crippen LogP contribution in [-0.4, -0.2) is 18.3 Å². The zero-order valence-corrected chi connectivity index (χ0v) is 7.62. The topological polar surface area (TPSA) is 29.5 Å². The van der Waals surface area contributed by atoms with Gasteiger partial charge in [0, 0.05) is 18.6 Å². The maximum atomic E-state index is 12.2. The molecule has 0 radical (unpaired) electrons. The van der Waals surface area contributed by atoms with Crippen molar-refractivity contribution in [2.24, 2.45) is 0 Å². The minimum atomic E-state index is -2.48. The molecule has 0 atom stereocenters. The molecule has 0 unspecified atom stereocenters. The molecule has 0 aromatic heterocycles. The van der Waals surface area contributed by atoms with Crippen molar-refractivity contribution < 1.29 is 18.6 Å². The highest BCUT2D eigenvalue weighted by molar-refractivity contribution is 5.29. The molecule has 4 heteroatoms. The minimum absolute atomic E-state index is 0.0362. The summed E-state index contributed by atoms with van der Waals surface area (Å²) in [6, 6.07) is 5.80. The lowest BCUT2D eigenvalue weighted by Gasteiger charge is -2.06. The first-order chi connectivity index (χ1) is 6.74. The summed E-state index contributed by atoms with van der Waals surface area (Å²) in [7, 11) is 0. The highest BCUT2D eigenvalue weighted by Crippen LogP contribution is 2.22. The van der Waals surface area contributed by atoms with Crippen LogP contribution in [0.2, 0.25) is 0 Å². The molecule has 0 saturated carbocycles. The van der Waals surface area contributed by atoms with Gasteiger partial charge >= 0.3 is 0 Å². The van der Waals surface area contributed by atoms with Gasteiger partial charge in [0.05, 0.1) is 6.61 Å². The average molecular weight is 202 g/mol. The van der Waals surface area contributed by atoms with Gasteiger partial charge in [-0.1, -0.05) is 12.1 Å². The third-order valence-electron chi connectivity index (χ3n) is 1.68. The van der Waals surface area contributed by atoms with Gasteiger partial charge in [0.15, 0.2) is 0 Å². The maximum Gasteiger partial charge on any atom is 0.263 e. The summed E-state index contributed by atoms with van der Waals surface area (Å²) in [5.74, 6) is 0.413. The molecule has 0 fully saturated rings. The van der Waals surface area contributed by atoms with Crippen LogP contribution in [0.1, 0.15) is 18.4 Å². The number of aliphatic hydroxyl groups excluding tert-OH is 1. The van der Waals surface area contributed by atoms with E-state index in [-0.39, 0.29) is 12.2 Å². The van der Waals surface area contributed by atoms with Crippen molar-refractivity contribution in [2.45, 2.75) is 12.8 Å². The summed E-state index contributed by atoms with van der Waals surface area (Å²) < 4.78 is 29.6. The number of rotatable bonds is 5. The molecule has 0 aliphatic carbocycles. The normalized spacial score (nSPS) is 10.6. The second kappa shape index (κ2) is 5.54. The molecular formula is C10H12F2O2. The second-order valence-corrected chi connectivity index (χ2v) is 2.80. The van der Waals surface area contributed by atoms with Gasteiger partial charge < -0.3 is 9.84 Å². The Morgan fingerprint density at radius 1 is 1.36 bits per heavy atom. The van der Waals surface area contributed by atoms with Crippen LogP contribution in [0.3, 0.4) is 0 Å². The molecule has 0 spiro atoms. The molecule has 1 aromatic rings. The quantitative estimate of drug-likeness (QED) is 0.743.